The first-order valence-electron chi connectivity index (χ1n) is 10.8. The zero-order valence-corrected chi connectivity index (χ0v) is 19.7. The fourth-order valence-corrected chi connectivity index (χ4v) is 5.39. The highest BCUT2D eigenvalue weighted by atomic mass is 32.2. The second kappa shape index (κ2) is 9.94. The Morgan fingerprint density at radius 1 is 1.14 bits per heavy atom. The Labute approximate surface area is 201 Å². The number of carbonyl (C=O) groups excluding carboxylic acids is 2. The third kappa shape index (κ3) is 5.09. The maximum Gasteiger partial charge on any atom is 0.277 e. The summed E-state index contributed by atoms with van der Waals surface area (Å²) in [5, 5.41) is 6.42. The Bertz CT molecular complexity index is 1340. The molecule has 1 unspecified atom stereocenters. The van der Waals surface area contributed by atoms with Crippen LogP contribution in [0, 0.1) is 12.7 Å². The van der Waals surface area contributed by atoms with Gasteiger partial charge < -0.3 is 20.5 Å². The molecule has 1 saturated heterocycles. The highest BCUT2D eigenvalue weighted by molar-refractivity contribution is 7.89. The standard InChI is InChI=1S/C23H24FN5O5S/c1-15-11-20(27-34-15)23(31)28-9-10-29(35(32,33)19-7-5-18(24)6-8-19)22(28)21(30)26-14-17-4-2-3-16(12-17)13-25/h2-8,11-12,22H,9-10,13-14,25H2,1H3,(H,26,30). The van der Waals surface area contributed by atoms with E-state index in [-0.39, 0.29) is 30.2 Å². The molecule has 3 N–H and O–H groups in total. The molecular formula is C23H24FN5O5S. The topological polar surface area (TPSA) is 139 Å². The third-order valence-corrected chi connectivity index (χ3v) is 7.45. The first kappa shape index (κ1) is 24.5. The number of nitrogens with two attached hydrogens (primary N) is 1. The zero-order valence-electron chi connectivity index (χ0n) is 18.8. The predicted octanol–water partition coefficient (Wildman–Crippen LogP) is 1.37. The molecule has 10 nitrogen and oxygen atoms in total. The van der Waals surface area contributed by atoms with Crippen LogP contribution in [0.3, 0.4) is 0 Å². The van der Waals surface area contributed by atoms with Gasteiger partial charge in [0.2, 0.25) is 10.0 Å². The van der Waals surface area contributed by atoms with Crippen molar-refractivity contribution in [2.75, 3.05) is 13.1 Å². The van der Waals surface area contributed by atoms with Gasteiger partial charge in [0.25, 0.3) is 11.8 Å². The molecule has 2 aromatic carbocycles. The summed E-state index contributed by atoms with van der Waals surface area (Å²) in [4.78, 5) is 27.4. The van der Waals surface area contributed by atoms with Crippen LogP contribution in [-0.4, -0.2) is 53.8 Å². The van der Waals surface area contributed by atoms with Gasteiger partial charge in [0.1, 0.15) is 11.6 Å². The smallest absolute Gasteiger partial charge is 0.277 e. The monoisotopic (exact) mass is 501 g/mol. The van der Waals surface area contributed by atoms with E-state index in [1.807, 2.05) is 12.1 Å². The summed E-state index contributed by atoms with van der Waals surface area (Å²) in [7, 11) is -4.24. The van der Waals surface area contributed by atoms with Gasteiger partial charge in [-0.05, 0) is 42.3 Å². The van der Waals surface area contributed by atoms with Crippen LogP contribution in [0.25, 0.3) is 0 Å². The van der Waals surface area contributed by atoms with Gasteiger partial charge in [-0.25, -0.2) is 12.8 Å². The average Bonchev–Trinajstić information content (AvgIpc) is 3.50. The second-order valence-electron chi connectivity index (χ2n) is 8.01. The number of nitrogens with zero attached hydrogens (tertiary/aromatic N) is 3. The van der Waals surface area contributed by atoms with Crippen LogP contribution in [0.4, 0.5) is 4.39 Å². The molecule has 1 aliphatic rings. The number of rotatable bonds is 7. The zero-order chi connectivity index (χ0) is 25.2. The van der Waals surface area contributed by atoms with Crippen molar-refractivity contribution in [3.8, 4) is 0 Å². The van der Waals surface area contributed by atoms with Crippen molar-refractivity contribution in [3.05, 3.63) is 83.0 Å². The first-order valence-corrected chi connectivity index (χ1v) is 12.2. The van der Waals surface area contributed by atoms with Gasteiger partial charge in [0, 0.05) is 32.2 Å². The highest BCUT2D eigenvalue weighted by Crippen LogP contribution is 2.26. The molecule has 0 saturated carbocycles. The number of sulfonamides is 1. The van der Waals surface area contributed by atoms with Crippen LogP contribution in [-0.2, 0) is 27.9 Å². The number of benzene rings is 2. The number of hydrogen-bond acceptors (Lipinski definition) is 7. The van der Waals surface area contributed by atoms with E-state index in [0.717, 1.165) is 44.6 Å². The lowest BCUT2D eigenvalue weighted by Gasteiger charge is -2.28. The summed E-state index contributed by atoms with van der Waals surface area (Å²) < 4.78 is 46.0. The minimum atomic E-state index is -4.24. The maximum atomic E-state index is 13.4. The molecule has 12 heteroatoms. The fraction of sp³-hybridized carbons (Fsp3) is 0.261. The molecule has 1 aliphatic heterocycles. The maximum absolute atomic E-state index is 13.4. The predicted molar refractivity (Wildman–Crippen MR) is 123 cm³/mol. The Kier molecular flexibility index (Phi) is 6.96. The molecule has 0 radical (unpaired) electrons. The van der Waals surface area contributed by atoms with Crippen molar-refractivity contribution in [3.63, 3.8) is 0 Å². The number of aryl methyl sites for hydroxylation is 1. The second-order valence-corrected chi connectivity index (χ2v) is 9.90. The number of hydrogen-bond donors (Lipinski definition) is 2. The van der Waals surface area contributed by atoms with E-state index in [1.54, 1.807) is 19.1 Å². The lowest BCUT2D eigenvalue weighted by Crippen LogP contribution is -2.53. The SMILES string of the molecule is Cc1cc(C(=O)N2CCN(S(=O)(=O)c3ccc(F)cc3)C2C(=O)NCc2cccc(CN)c2)no1. The van der Waals surface area contributed by atoms with Gasteiger partial charge in [-0.3, -0.25) is 9.59 Å². The molecule has 1 fully saturated rings. The minimum Gasteiger partial charge on any atom is -0.361 e. The van der Waals surface area contributed by atoms with E-state index in [2.05, 4.69) is 10.5 Å². The van der Waals surface area contributed by atoms with Crippen LogP contribution in [0.5, 0.6) is 0 Å². The number of amides is 2. The Hall–Kier alpha value is -3.61. The van der Waals surface area contributed by atoms with Gasteiger partial charge >= 0.3 is 0 Å². The van der Waals surface area contributed by atoms with Crippen molar-refractivity contribution >= 4 is 21.8 Å². The van der Waals surface area contributed by atoms with Crippen molar-refractivity contribution in [2.45, 2.75) is 31.1 Å². The van der Waals surface area contributed by atoms with E-state index in [9.17, 15) is 22.4 Å². The van der Waals surface area contributed by atoms with E-state index < -0.39 is 33.8 Å². The molecular weight excluding hydrogens is 477 g/mol. The molecule has 184 valence electrons. The van der Waals surface area contributed by atoms with Crippen molar-refractivity contribution in [1.82, 2.24) is 19.7 Å². The van der Waals surface area contributed by atoms with Gasteiger partial charge in [-0.15, -0.1) is 0 Å². The van der Waals surface area contributed by atoms with Crippen LogP contribution in [0.1, 0.15) is 27.4 Å². The molecule has 1 aromatic heterocycles. The van der Waals surface area contributed by atoms with Crippen molar-refractivity contribution < 1.29 is 26.9 Å². The Balaban J connectivity index is 1.64. The van der Waals surface area contributed by atoms with Gasteiger partial charge in [-0.1, -0.05) is 29.4 Å². The molecule has 3 aromatic rings. The van der Waals surface area contributed by atoms with Crippen LogP contribution in [0.2, 0.25) is 0 Å². The van der Waals surface area contributed by atoms with Crippen LogP contribution < -0.4 is 11.1 Å². The molecule has 0 spiro atoms. The van der Waals surface area contributed by atoms with Gasteiger partial charge in [0.15, 0.2) is 11.9 Å². The Morgan fingerprint density at radius 3 is 2.51 bits per heavy atom. The van der Waals surface area contributed by atoms with E-state index in [4.69, 9.17) is 10.3 Å². The third-order valence-electron chi connectivity index (χ3n) is 5.59. The molecule has 1 atom stereocenters. The van der Waals surface area contributed by atoms with Crippen LogP contribution >= 0.6 is 0 Å². The highest BCUT2D eigenvalue weighted by Gasteiger charge is 2.47. The van der Waals surface area contributed by atoms with E-state index in [1.165, 1.54) is 6.07 Å². The summed E-state index contributed by atoms with van der Waals surface area (Å²) in [6.45, 7) is 1.85. The molecule has 2 heterocycles. The van der Waals surface area contributed by atoms with E-state index in [0.29, 0.717) is 12.3 Å². The summed E-state index contributed by atoms with van der Waals surface area (Å²) >= 11 is 0. The van der Waals surface area contributed by atoms with E-state index >= 15 is 0 Å². The molecule has 0 bridgehead atoms. The molecule has 35 heavy (non-hydrogen) atoms. The normalized spacial score (nSPS) is 16.4. The summed E-state index contributed by atoms with van der Waals surface area (Å²) in [5.74, 6) is -1.55. The molecule has 2 amide bonds. The van der Waals surface area contributed by atoms with Gasteiger partial charge in [0.05, 0.1) is 4.90 Å². The molecule has 4 rings (SSSR count). The van der Waals surface area contributed by atoms with Crippen molar-refractivity contribution in [1.29, 1.82) is 0 Å². The number of aromatic nitrogens is 1. The number of nitrogens with one attached hydrogen (secondary N) is 1. The largest absolute Gasteiger partial charge is 0.361 e. The summed E-state index contributed by atoms with van der Waals surface area (Å²) in [6, 6.07) is 12.9. The quantitative estimate of drug-likeness (QED) is 0.499. The fourth-order valence-electron chi connectivity index (χ4n) is 3.85. The molecule has 0 aliphatic carbocycles. The summed E-state index contributed by atoms with van der Waals surface area (Å²) in [5.41, 5.74) is 7.26. The number of carbonyl (C=O) groups is 2. The summed E-state index contributed by atoms with van der Waals surface area (Å²) in [6.07, 6.45) is -1.48. The average molecular weight is 502 g/mol. The lowest BCUT2D eigenvalue weighted by molar-refractivity contribution is -0.127. The Morgan fingerprint density at radius 2 is 1.86 bits per heavy atom. The van der Waals surface area contributed by atoms with Crippen LogP contribution in [0.15, 0.2) is 64.0 Å². The van der Waals surface area contributed by atoms with Crippen molar-refractivity contribution in [2.24, 2.45) is 5.73 Å². The minimum absolute atomic E-state index is 0.0445. The lowest BCUT2D eigenvalue weighted by atomic mass is 10.1. The first-order chi connectivity index (χ1) is 16.7. The number of halogens is 1. The van der Waals surface area contributed by atoms with Gasteiger partial charge in [-0.2, -0.15) is 4.31 Å².